The molecule has 0 atom stereocenters. The largest absolute Gasteiger partial charge is 0.259 e. The van der Waals surface area contributed by atoms with E-state index in [0.717, 1.165) is 6.20 Å². The molecule has 2 aromatic heterocycles. The monoisotopic (exact) mass is 244 g/mol. The molecule has 0 unspecified atom stereocenters. The molecule has 7 heteroatoms. The summed E-state index contributed by atoms with van der Waals surface area (Å²) in [5.74, 6) is -0.508. The molecule has 0 spiro atoms. The lowest BCUT2D eigenvalue weighted by molar-refractivity contribution is 0.614. The van der Waals surface area contributed by atoms with Gasteiger partial charge in [-0.3, -0.25) is 4.98 Å². The molecular formula is C8H3Cl2FN4. The molecule has 0 fully saturated rings. The van der Waals surface area contributed by atoms with Crippen LogP contribution in [0.25, 0.3) is 11.5 Å². The molecule has 0 aliphatic rings. The minimum Gasteiger partial charge on any atom is -0.259 e. The van der Waals surface area contributed by atoms with E-state index in [9.17, 15) is 4.39 Å². The van der Waals surface area contributed by atoms with Crippen molar-refractivity contribution in [3.8, 4) is 11.5 Å². The van der Waals surface area contributed by atoms with E-state index in [1.165, 1.54) is 12.4 Å². The molecular weight excluding hydrogens is 242 g/mol. The van der Waals surface area contributed by atoms with Crippen LogP contribution in [-0.4, -0.2) is 19.9 Å². The van der Waals surface area contributed by atoms with Crippen LogP contribution in [0, 0.1) is 5.82 Å². The Morgan fingerprint density at radius 2 is 1.87 bits per heavy atom. The summed E-state index contributed by atoms with van der Waals surface area (Å²) >= 11 is 11.1. The van der Waals surface area contributed by atoms with E-state index >= 15 is 0 Å². The molecule has 0 saturated carbocycles. The minimum atomic E-state index is -0.685. The van der Waals surface area contributed by atoms with Gasteiger partial charge in [0.05, 0.1) is 18.6 Å². The Morgan fingerprint density at radius 1 is 1.07 bits per heavy atom. The van der Waals surface area contributed by atoms with Crippen molar-refractivity contribution in [2.45, 2.75) is 0 Å². The van der Waals surface area contributed by atoms with Gasteiger partial charge < -0.3 is 0 Å². The molecule has 15 heavy (non-hydrogen) atoms. The first kappa shape index (κ1) is 10.2. The molecule has 2 rings (SSSR count). The molecule has 2 aromatic rings. The van der Waals surface area contributed by atoms with Crippen LogP contribution in [0.4, 0.5) is 4.39 Å². The molecule has 0 aliphatic carbocycles. The van der Waals surface area contributed by atoms with E-state index in [2.05, 4.69) is 19.9 Å². The summed E-state index contributed by atoms with van der Waals surface area (Å²) < 4.78 is 12.8. The first-order chi connectivity index (χ1) is 7.16. The van der Waals surface area contributed by atoms with E-state index in [1.807, 2.05) is 0 Å². The average Bonchev–Trinajstić information content (AvgIpc) is 2.22. The predicted octanol–water partition coefficient (Wildman–Crippen LogP) is 2.38. The lowest BCUT2D eigenvalue weighted by atomic mass is 10.4. The fourth-order valence-corrected chi connectivity index (χ4v) is 1.20. The van der Waals surface area contributed by atoms with Crippen LogP contribution < -0.4 is 0 Å². The second kappa shape index (κ2) is 4.04. The smallest absolute Gasteiger partial charge is 0.181 e. The van der Waals surface area contributed by atoms with Crippen molar-refractivity contribution in [2.24, 2.45) is 0 Å². The summed E-state index contributed by atoms with van der Waals surface area (Å²) in [6, 6.07) is 0. The standard InChI is InChI=1S/C8H3Cl2FN4/c9-6-3-12-2-5(14-6)8-13-1-4(11)7(10)15-8/h1-3H. The lowest BCUT2D eigenvalue weighted by Crippen LogP contribution is -1.95. The number of rotatable bonds is 1. The zero-order valence-corrected chi connectivity index (χ0v) is 8.67. The molecule has 0 amide bonds. The van der Waals surface area contributed by atoms with Crippen LogP contribution in [0.3, 0.4) is 0 Å². The summed E-state index contributed by atoms with van der Waals surface area (Å²) in [5.41, 5.74) is 0.337. The maximum absolute atomic E-state index is 12.8. The van der Waals surface area contributed by atoms with Gasteiger partial charge in [-0.1, -0.05) is 23.2 Å². The highest BCUT2D eigenvalue weighted by atomic mass is 35.5. The maximum Gasteiger partial charge on any atom is 0.181 e. The molecule has 4 nitrogen and oxygen atoms in total. The van der Waals surface area contributed by atoms with E-state index in [0.29, 0.717) is 5.69 Å². The fourth-order valence-electron chi connectivity index (χ4n) is 0.920. The van der Waals surface area contributed by atoms with Crippen LogP contribution in [-0.2, 0) is 0 Å². The van der Waals surface area contributed by atoms with Gasteiger partial charge in [0.2, 0.25) is 0 Å². The number of halogens is 3. The number of hydrogen-bond donors (Lipinski definition) is 0. The van der Waals surface area contributed by atoms with Crippen molar-refractivity contribution in [1.82, 2.24) is 19.9 Å². The summed E-state index contributed by atoms with van der Waals surface area (Å²) in [6.45, 7) is 0. The van der Waals surface area contributed by atoms with Gasteiger partial charge in [-0.25, -0.2) is 19.3 Å². The SMILES string of the molecule is Fc1cnc(-c2cncc(Cl)n2)nc1Cl. The van der Waals surface area contributed by atoms with E-state index in [1.54, 1.807) is 0 Å². The summed E-state index contributed by atoms with van der Waals surface area (Å²) in [7, 11) is 0. The van der Waals surface area contributed by atoms with Crippen LogP contribution in [0.5, 0.6) is 0 Å². The Hall–Kier alpha value is -1.33. The van der Waals surface area contributed by atoms with E-state index in [-0.39, 0.29) is 16.1 Å². The zero-order chi connectivity index (χ0) is 10.8. The second-order valence-electron chi connectivity index (χ2n) is 2.56. The van der Waals surface area contributed by atoms with Gasteiger partial charge in [-0.15, -0.1) is 0 Å². The van der Waals surface area contributed by atoms with E-state index < -0.39 is 5.82 Å². The quantitative estimate of drug-likeness (QED) is 0.723. The molecule has 0 saturated heterocycles. The van der Waals surface area contributed by atoms with Crippen LogP contribution in [0.2, 0.25) is 10.3 Å². The summed E-state index contributed by atoms with van der Waals surface area (Å²) in [4.78, 5) is 15.1. The highest BCUT2D eigenvalue weighted by molar-refractivity contribution is 6.29. The molecule has 0 N–H and O–H groups in total. The number of aromatic nitrogens is 4. The van der Waals surface area contributed by atoms with Crippen molar-refractivity contribution < 1.29 is 4.39 Å². The van der Waals surface area contributed by atoms with Gasteiger partial charge in [0, 0.05) is 0 Å². The summed E-state index contributed by atoms with van der Waals surface area (Å²) in [5, 5.41) is -0.0571. The Kier molecular flexibility index (Phi) is 2.75. The normalized spacial score (nSPS) is 10.3. The third-order valence-electron chi connectivity index (χ3n) is 1.54. The Balaban J connectivity index is 2.50. The molecule has 0 aromatic carbocycles. The highest BCUT2D eigenvalue weighted by Gasteiger charge is 2.08. The Morgan fingerprint density at radius 3 is 2.53 bits per heavy atom. The lowest BCUT2D eigenvalue weighted by Gasteiger charge is -1.99. The average molecular weight is 245 g/mol. The zero-order valence-electron chi connectivity index (χ0n) is 7.15. The first-order valence-corrected chi connectivity index (χ1v) is 4.58. The van der Waals surface area contributed by atoms with Gasteiger partial charge in [0.1, 0.15) is 10.8 Å². The highest BCUT2D eigenvalue weighted by Crippen LogP contribution is 2.17. The van der Waals surface area contributed by atoms with Crippen LogP contribution in [0.1, 0.15) is 0 Å². The molecule has 2 heterocycles. The molecule has 0 bridgehead atoms. The number of nitrogens with zero attached hydrogens (tertiary/aromatic N) is 4. The Bertz CT molecular complexity index is 506. The van der Waals surface area contributed by atoms with E-state index in [4.69, 9.17) is 23.2 Å². The van der Waals surface area contributed by atoms with Crippen molar-refractivity contribution in [2.75, 3.05) is 0 Å². The van der Waals surface area contributed by atoms with Crippen LogP contribution in [0.15, 0.2) is 18.6 Å². The predicted molar refractivity (Wildman–Crippen MR) is 53.0 cm³/mol. The van der Waals surface area contributed by atoms with Crippen molar-refractivity contribution >= 4 is 23.2 Å². The molecule has 0 aliphatic heterocycles. The maximum atomic E-state index is 12.8. The number of hydrogen-bond acceptors (Lipinski definition) is 4. The van der Waals surface area contributed by atoms with Gasteiger partial charge in [-0.05, 0) is 0 Å². The fraction of sp³-hybridized carbons (Fsp3) is 0. The first-order valence-electron chi connectivity index (χ1n) is 3.83. The second-order valence-corrected chi connectivity index (χ2v) is 3.30. The van der Waals surface area contributed by atoms with Crippen LogP contribution >= 0.6 is 23.2 Å². The third-order valence-corrected chi connectivity index (χ3v) is 1.98. The van der Waals surface area contributed by atoms with Crippen molar-refractivity contribution in [1.29, 1.82) is 0 Å². The van der Waals surface area contributed by atoms with Gasteiger partial charge >= 0.3 is 0 Å². The van der Waals surface area contributed by atoms with Crippen molar-refractivity contribution in [3.63, 3.8) is 0 Å². The molecule has 76 valence electrons. The minimum absolute atomic E-state index is 0.177. The Labute approximate surface area is 94.1 Å². The molecule has 0 radical (unpaired) electrons. The van der Waals surface area contributed by atoms with Gasteiger partial charge in [0.15, 0.2) is 16.8 Å². The topological polar surface area (TPSA) is 51.6 Å². The third kappa shape index (κ3) is 2.19. The summed E-state index contributed by atoms with van der Waals surface area (Å²) in [6.07, 6.45) is 3.75. The van der Waals surface area contributed by atoms with Gasteiger partial charge in [0.25, 0.3) is 0 Å². The van der Waals surface area contributed by atoms with Crippen molar-refractivity contribution in [3.05, 3.63) is 34.7 Å². The van der Waals surface area contributed by atoms with Gasteiger partial charge in [-0.2, -0.15) is 0 Å².